The standard InChI is InChI=1S/C25H43NO3Si2/c1-18(2)31(19(3)4,20(5)6)29-22-15-13-14-21(16-17-30(10,11)12)23(22)26-24(27)28-25(7,8)9/h13-15,18-20H,1-12H3,(H,26,27). The molecule has 0 aliphatic rings. The molecule has 0 fully saturated rings. The first kappa shape index (κ1) is 27.3. The van der Waals surface area contributed by atoms with Gasteiger partial charge in [-0.25, -0.2) is 4.79 Å². The summed E-state index contributed by atoms with van der Waals surface area (Å²) in [4.78, 5) is 12.7. The zero-order valence-corrected chi connectivity index (χ0v) is 23.7. The zero-order valence-electron chi connectivity index (χ0n) is 21.7. The fraction of sp³-hybridized carbons (Fsp3) is 0.640. The van der Waals surface area contributed by atoms with Crippen molar-refractivity contribution in [1.29, 1.82) is 0 Å². The van der Waals surface area contributed by atoms with E-state index in [0.29, 0.717) is 28.1 Å². The second-order valence-corrected chi connectivity index (χ2v) is 21.4. The molecule has 1 aromatic carbocycles. The average Bonchev–Trinajstić information content (AvgIpc) is 2.55. The van der Waals surface area contributed by atoms with Crippen molar-refractivity contribution < 1.29 is 14.0 Å². The highest BCUT2D eigenvalue weighted by molar-refractivity contribution is 6.84. The van der Waals surface area contributed by atoms with Crippen LogP contribution in [0.5, 0.6) is 5.75 Å². The van der Waals surface area contributed by atoms with Crippen molar-refractivity contribution in [3.8, 4) is 17.2 Å². The van der Waals surface area contributed by atoms with Crippen LogP contribution >= 0.6 is 0 Å². The van der Waals surface area contributed by atoms with Crippen molar-refractivity contribution in [3.63, 3.8) is 0 Å². The molecule has 0 heterocycles. The zero-order chi connectivity index (χ0) is 24.2. The van der Waals surface area contributed by atoms with Gasteiger partial charge in [0.25, 0.3) is 8.32 Å². The van der Waals surface area contributed by atoms with E-state index in [0.717, 1.165) is 5.56 Å². The Hall–Kier alpha value is -1.72. The SMILES string of the molecule is CC(C)[Si](Oc1cccc(C#C[Si](C)(C)C)c1NC(=O)OC(C)(C)C)(C(C)C)C(C)C. The maximum absolute atomic E-state index is 12.7. The second kappa shape index (κ2) is 10.3. The van der Waals surface area contributed by atoms with Gasteiger partial charge in [0.1, 0.15) is 25.1 Å². The summed E-state index contributed by atoms with van der Waals surface area (Å²) in [6, 6.07) is 5.85. The van der Waals surface area contributed by atoms with Gasteiger partial charge >= 0.3 is 6.09 Å². The number of anilines is 1. The van der Waals surface area contributed by atoms with Crippen LogP contribution in [0.2, 0.25) is 36.3 Å². The molecule has 31 heavy (non-hydrogen) atoms. The fourth-order valence-electron chi connectivity index (χ4n) is 4.05. The number of hydrogen-bond donors (Lipinski definition) is 1. The lowest BCUT2D eigenvalue weighted by molar-refractivity contribution is 0.0635. The molecule has 0 spiro atoms. The van der Waals surface area contributed by atoms with Crippen molar-refractivity contribution in [2.24, 2.45) is 0 Å². The molecule has 0 saturated heterocycles. The minimum atomic E-state index is -2.21. The van der Waals surface area contributed by atoms with Crippen LogP contribution in [0.1, 0.15) is 67.9 Å². The lowest BCUT2D eigenvalue weighted by atomic mass is 10.1. The van der Waals surface area contributed by atoms with E-state index >= 15 is 0 Å². The number of para-hydroxylation sites is 1. The molecule has 0 radical (unpaired) electrons. The molecule has 0 bridgehead atoms. The lowest BCUT2D eigenvalue weighted by Crippen LogP contribution is -2.50. The van der Waals surface area contributed by atoms with Crippen LogP contribution in [0.3, 0.4) is 0 Å². The summed E-state index contributed by atoms with van der Waals surface area (Å²) < 4.78 is 12.5. The number of carbonyl (C=O) groups excluding carboxylic acids is 1. The van der Waals surface area contributed by atoms with E-state index in [1.54, 1.807) is 0 Å². The monoisotopic (exact) mass is 461 g/mol. The average molecular weight is 462 g/mol. The molecule has 174 valence electrons. The third kappa shape index (κ3) is 7.73. The number of benzene rings is 1. The number of hydrogen-bond acceptors (Lipinski definition) is 3. The molecule has 1 rings (SSSR count). The van der Waals surface area contributed by atoms with Gasteiger partial charge in [-0.05, 0) is 49.5 Å². The van der Waals surface area contributed by atoms with Gasteiger partial charge in [0, 0.05) is 0 Å². The number of ether oxygens (including phenoxy) is 1. The molecule has 1 N–H and O–H groups in total. The Morgan fingerprint density at radius 1 is 0.968 bits per heavy atom. The van der Waals surface area contributed by atoms with Gasteiger partial charge in [-0.1, -0.05) is 73.2 Å². The van der Waals surface area contributed by atoms with E-state index in [9.17, 15) is 4.79 Å². The summed E-state index contributed by atoms with van der Waals surface area (Å²) in [5, 5.41) is 2.96. The number of rotatable bonds is 6. The van der Waals surface area contributed by atoms with E-state index in [-0.39, 0.29) is 0 Å². The maximum Gasteiger partial charge on any atom is 0.412 e. The Balaban J connectivity index is 3.61. The molecule has 6 heteroatoms. The molecule has 0 unspecified atom stereocenters. The Morgan fingerprint density at radius 2 is 1.48 bits per heavy atom. The predicted octanol–water partition coefficient (Wildman–Crippen LogP) is 7.82. The largest absolute Gasteiger partial charge is 0.541 e. The third-order valence-corrected chi connectivity index (χ3v) is 12.1. The summed E-state index contributed by atoms with van der Waals surface area (Å²) in [7, 11) is -3.81. The summed E-state index contributed by atoms with van der Waals surface area (Å²) in [6.45, 7) is 25.7. The Labute approximate surface area is 192 Å². The predicted molar refractivity (Wildman–Crippen MR) is 138 cm³/mol. The fourth-order valence-corrected chi connectivity index (χ4v) is 9.82. The molecule has 1 amide bonds. The molecule has 0 atom stereocenters. The highest BCUT2D eigenvalue weighted by Crippen LogP contribution is 2.44. The number of carbonyl (C=O) groups is 1. The molecule has 0 aliphatic heterocycles. The highest BCUT2D eigenvalue weighted by atomic mass is 28.4. The first-order valence-corrected chi connectivity index (χ1v) is 17.0. The van der Waals surface area contributed by atoms with Crippen molar-refractivity contribution in [1.82, 2.24) is 0 Å². The minimum Gasteiger partial charge on any atom is -0.541 e. The molecule has 0 aromatic heterocycles. The van der Waals surface area contributed by atoms with Crippen LogP contribution in [-0.4, -0.2) is 28.1 Å². The van der Waals surface area contributed by atoms with Gasteiger partial charge in [0.05, 0.1) is 5.56 Å². The Kier molecular flexibility index (Phi) is 9.05. The van der Waals surface area contributed by atoms with Crippen LogP contribution in [0, 0.1) is 11.5 Å². The number of nitrogens with one attached hydrogen (secondary N) is 1. The van der Waals surface area contributed by atoms with Crippen molar-refractivity contribution >= 4 is 28.2 Å². The minimum absolute atomic E-state index is 0.415. The van der Waals surface area contributed by atoms with Gasteiger partial charge in [-0.15, -0.1) is 5.54 Å². The lowest BCUT2D eigenvalue weighted by Gasteiger charge is -2.42. The van der Waals surface area contributed by atoms with Crippen molar-refractivity contribution in [2.45, 2.75) is 104 Å². The molecule has 0 saturated carbocycles. The summed E-state index contributed by atoms with van der Waals surface area (Å²) in [5.41, 5.74) is 5.45. The normalized spacial score (nSPS) is 12.6. The number of amides is 1. The molecule has 4 nitrogen and oxygen atoms in total. The Bertz CT molecular complexity index is 800. The van der Waals surface area contributed by atoms with Crippen LogP contribution in [0.15, 0.2) is 18.2 Å². The van der Waals surface area contributed by atoms with E-state index in [1.165, 1.54) is 0 Å². The first-order chi connectivity index (χ1) is 14.0. The second-order valence-electron chi connectivity index (χ2n) is 11.2. The molecular weight excluding hydrogens is 418 g/mol. The van der Waals surface area contributed by atoms with Crippen LogP contribution in [0.25, 0.3) is 0 Å². The summed E-state index contributed by atoms with van der Waals surface area (Å²) in [5.74, 6) is 4.00. The van der Waals surface area contributed by atoms with E-state index < -0.39 is 28.1 Å². The smallest absolute Gasteiger partial charge is 0.412 e. The molecule has 1 aromatic rings. The quantitative estimate of drug-likeness (QED) is 0.347. The van der Waals surface area contributed by atoms with Gasteiger partial charge in [0.2, 0.25) is 0 Å². The summed E-state index contributed by atoms with van der Waals surface area (Å²) >= 11 is 0. The highest BCUT2D eigenvalue weighted by Gasteiger charge is 2.47. The summed E-state index contributed by atoms with van der Waals surface area (Å²) in [6.07, 6.45) is -0.495. The van der Waals surface area contributed by atoms with Crippen LogP contribution in [0.4, 0.5) is 10.5 Å². The Morgan fingerprint density at radius 3 is 1.90 bits per heavy atom. The molecule has 0 aliphatic carbocycles. The van der Waals surface area contributed by atoms with Gasteiger partial charge in [-0.3, -0.25) is 5.32 Å². The molecular formula is C25H43NO3Si2. The maximum atomic E-state index is 12.7. The third-order valence-electron chi connectivity index (χ3n) is 5.22. The first-order valence-electron chi connectivity index (χ1n) is 11.3. The van der Waals surface area contributed by atoms with Crippen molar-refractivity contribution in [2.75, 3.05) is 5.32 Å². The topological polar surface area (TPSA) is 47.6 Å². The van der Waals surface area contributed by atoms with Crippen LogP contribution < -0.4 is 9.74 Å². The van der Waals surface area contributed by atoms with Gasteiger partial charge < -0.3 is 9.16 Å². The van der Waals surface area contributed by atoms with Gasteiger partial charge in [0.15, 0.2) is 0 Å². The van der Waals surface area contributed by atoms with E-state index in [1.807, 2.05) is 39.0 Å². The van der Waals surface area contributed by atoms with Gasteiger partial charge in [-0.2, -0.15) is 0 Å². The van der Waals surface area contributed by atoms with E-state index in [4.69, 9.17) is 9.16 Å². The van der Waals surface area contributed by atoms with E-state index in [2.05, 4.69) is 78.0 Å². The van der Waals surface area contributed by atoms with Crippen LogP contribution in [-0.2, 0) is 4.74 Å². The van der Waals surface area contributed by atoms with Crippen molar-refractivity contribution in [3.05, 3.63) is 23.8 Å².